The zero-order valence-electron chi connectivity index (χ0n) is 12.6. The van der Waals surface area contributed by atoms with Crippen LogP contribution in [0.2, 0.25) is 10.0 Å². The molecular weight excluding hydrogens is 371 g/mol. The van der Waals surface area contributed by atoms with E-state index in [4.69, 9.17) is 23.2 Å². The van der Waals surface area contributed by atoms with Crippen LogP contribution in [0.1, 0.15) is 24.9 Å². The van der Waals surface area contributed by atoms with Gasteiger partial charge in [0.1, 0.15) is 6.04 Å². The van der Waals surface area contributed by atoms with Crippen molar-refractivity contribution in [2.75, 3.05) is 10.2 Å². The summed E-state index contributed by atoms with van der Waals surface area (Å²) >= 11 is 13.8. The maximum Gasteiger partial charge on any atom is 0.326 e. The van der Waals surface area contributed by atoms with Crippen LogP contribution >= 0.6 is 34.5 Å². The first-order valence-electron chi connectivity index (χ1n) is 7.20. The number of benzene rings is 1. The topological polar surface area (TPSA) is 69.6 Å². The highest BCUT2D eigenvalue weighted by Gasteiger charge is 2.37. The van der Waals surface area contributed by atoms with Crippen molar-refractivity contribution < 1.29 is 14.7 Å². The lowest BCUT2D eigenvalue weighted by atomic mass is 9.91. The van der Waals surface area contributed by atoms with Crippen LogP contribution in [0.3, 0.4) is 0 Å². The third-order valence-electron chi connectivity index (χ3n) is 3.91. The van der Waals surface area contributed by atoms with E-state index >= 15 is 0 Å². The van der Waals surface area contributed by atoms with Crippen molar-refractivity contribution in [3.63, 3.8) is 0 Å². The highest BCUT2D eigenvalue weighted by atomic mass is 35.5. The Bertz CT molecular complexity index is 795. The number of carboxylic acid groups (broad SMARTS) is 1. The van der Waals surface area contributed by atoms with E-state index in [-0.39, 0.29) is 12.3 Å². The number of carboxylic acids is 1. The number of thiophene rings is 1. The van der Waals surface area contributed by atoms with Crippen LogP contribution in [-0.4, -0.2) is 23.0 Å². The second-order valence-electron chi connectivity index (χ2n) is 5.48. The van der Waals surface area contributed by atoms with Crippen LogP contribution in [-0.2, 0) is 9.59 Å². The number of amides is 1. The molecule has 1 amide bonds. The van der Waals surface area contributed by atoms with E-state index in [1.54, 1.807) is 17.0 Å². The Morgan fingerprint density at radius 3 is 2.71 bits per heavy atom. The summed E-state index contributed by atoms with van der Waals surface area (Å²) < 4.78 is 0. The lowest BCUT2D eigenvalue weighted by Crippen LogP contribution is -2.43. The summed E-state index contributed by atoms with van der Waals surface area (Å²) in [5.74, 6) is -1.16. The van der Waals surface area contributed by atoms with Gasteiger partial charge in [0, 0.05) is 34.6 Å². The summed E-state index contributed by atoms with van der Waals surface area (Å²) in [6.45, 7) is 1.46. The van der Waals surface area contributed by atoms with Crippen molar-refractivity contribution in [3.05, 3.63) is 45.3 Å². The maximum atomic E-state index is 12.3. The number of rotatable bonds is 3. The molecule has 1 aromatic heterocycles. The maximum absolute atomic E-state index is 12.3. The second-order valence-corrected chi connectivity index (χ2v) is 7.25. The molecule has 0 aliphatic carbocycles. The van der Waals surface area contributed by atoms with Crippen molar-refractivity contribution >= 4 is 57.1 Å². The fourth-order valence-corrected chi connectivity index (χ4v) is 4.41. The first-order chi connectivity index (χ1) is 11.4. The van der Waals surface area contributed by atoms with Gasteiger partial charge in [0.2, 0.25) is 5.91 Å². The Kier molecular flexibility index (Phi) is 4.71. The van der Waals surface area contributed by atoms with Gasteiger partial charge in [-0.25, -0.2) is 4.79 Å². The van der Waals surface area contributed by atoms with Crippen LogP contribution in [0.4, 0.5) is 10.7 Å². The van der Waals surface area contributed by atoms with Gasteiger partial charge in [-0.3, -0.25) is 9.69 Å². The molecule has 0 saturated carbocycles. The number of halogens is 2. The molecule has 2 unspecified atom stereocenters. The fourth-order valence-electron chi connectivity index (χ4n) is 2.96. The smallest absolute Gasteiger partial charge is 0.326 e. The lowest BCUT2D eigenvalue weighted by molar-refractivity contribution is -0.138. The molecular formula is C16H14Cl2N2O3S. The van der Waals surface area contributed by atoms with Gasteiger partial charge < -0.3 is 10.4 Å². The molecule has 3 rings (SSSR count). The van der Waals surface area contributed by atoms with Gasteiger partial charge in [-0.05, 0) is 29.6 Å². The van der Waals surface area contributed by atoms with Gasteiger partial charge in [-0.15, -0.1) is 11.3 Å². The van der Waals surface area contributed by atoms with Crippen LogP contribution in [0.5, 0.6) is 0 Å². The molecule has 1 aliphatic rings. The first-order valence-corrected chi connectivity index (χ1v) is 8.83. The highest BCUT2D eigenvalue weighted by Crippen LogP contribution is 2.44. The van der Waals surface area contributed by atoms with Crippen molar-refractivity contribution in [2.24, 2.45) is 0 Å². The molecule has 24 heavy (non-hydrogen) atoms. The number of fused-ring (bicyclic) bond motifs is 1. The minimum atomic E-state index is -0.989. The summed E-state index contributed by atoms with van der Waals surface area (Å²) in [6.07, 6.45) is 0.209. The number of anilines is 2. The Balaban J connectivity index is 2.15. The molecule has 0 spiro atoms. The van der Waals surface area contributed by atoms with E-state index in [9.17, 15) is 14.7 Å². The largest absolute Gasteiger partial charge is 0.480 e. The summed E-state index contributed by atoms with van der Waals surface area (Å²) in [6, 6.07) is 5.59. The van der Waals surface area contributed by atoms with E-state index in [0.717, 1.165) is 5.00 Å². The first kappa shape index (κ1) is 17.1. The molecule has 126 valence electrons. The number of hydrogen-bond donors (Lipinski definition) is 2. The van der Waals surface area contributed by atoms with Gasteiger partial charge in [-0.2, -0.15) is 0 Å². The van der Waals surface area contributed by atoms with Crippen LogP contribution in [0, 0.1) is 0 Å². The number of carbonyl (C=O) groups excluding carboxylic acids is 1. The summed E-state index contributed by atoms with van der Waals surface area (Å²) in [5, 5.41) is 15.8. The average Bonchev–Trinajstić information content (AvgIpc) is 2.99. The highest BCUT2D eigenvalue weighted by molar-refractivity contribution is 7.14. The third-order valence-corrected chi connectivity index (χ3v) is 5.31. The minimum Gasteiger partial charge on any atom is -0.480 e. The number of aliphatic carboxylic acids is 1. The van der Waals surface area contributed by atoms with Crippen LogP contribution < -0.4 is 10.2 Å². The SMILES string of the molecule is CC(=O)N(c1cccs1)C1CC(C(=O)O)Nc2cc(Cl)cc(Cl)c21. The Labute approximate surface area is 152 Å². The van der Waals surface area contributed by atoms with E-state index in [0.29, 0.717) is 21.3 Å². The molecule has 1 aliphatic heterocycles. The zero-order valence-corrected chi connectivity index (χ0v) is 15.0. The summed E-state index contributed by atoms with van der Waals surface area (Å²) in [7, 11) is 0. The minimum absolute atomic E-state index is 0.176. The molecule has 2 N–H and O–H groups in total. The molecule has 8 heteroatoms. The van der Waals surface area contributed by atoms with E-state index in [1.165, 1.54) is 18.3 Å². The quantitative estimate of drug-likeness (QED) is 0.821. The van der Waals surface area contributed by atoms with Crippen LogP contribution in [0.25, 0.3) is 0 Å². The molecule has 2 aromatic rings. The number of nitrogens with zero attached hydrogens (tertiary/aromatic N) is 1. The molecule has 0 fully saturated rings. The molecule has 2 heterocycles. The van der Waals surface area contributed by atoms with Crippen molar-refractivity contribution in [1.82, 2.24) is 0 Å². The molecule has 0 radical (unpaired) electrons. The van der Waals surface area contributed by atoms with Crippen molar-refractivity contribution in [1.29, 1.82) is 0 Å². The Morgan fingerprint density at radius 1 is 1.38 bits per heavy atom. The van der Waals surface area contributed by atoms with E-state index < -0.39 is 18.1 Å². The Hall–Kier alpha value is -1.76. The third kappa shape index (κ3) is 3.09. The lowest BCUT2D eigenvalue weighted by Gasteiger charge is -2.38. The average molecular weight is 385 g/mol. The summed E-state index contributed by atoms with van der Waals surface area (Å²) in [4.78, 5) is 25.4. The standard InChI is InChI=1S/C16H14Cl2N2O3S/c1-8(21)20(14-3-2-4-24-14)13-7-12(16(22)23)19-11-6-9(17)5-10(18)15(11)13/h2-6,12-13,19H,7H2,1H3,(H,22,23). The molecule has 5 nitrogen and oxygen atoms in total. The van der Waals surface area contributed by atoms with E-state index in [1.807, 2.05) is 17.5 Å². The Morgan fingerprint density at radius 2 is 2.12 bits per heavy atom. The molecule has 0 saturated heterocycles. The van der Waals surface area contributed by atoms with Crippen LogP contribution in [0.15, 0.2) is 29.6 Å². The summed E-state index contributed by atoms with van der Waals surface area (Å²) in [5.41, 5.74) is 1.22. The fraction of sp³-hybridized carbons (Fsp3) is 0.250. The molecule has 0 bridgehead atoms. The number of nitrogens with one attached hydrogen (secondary N) is 1. The van der Waals surface area contributed by atoms with Crippen molar-refractivity contribution in [3.8, 4) is 0 Å². The van der Waals surface area contributed by atoms with Gasteiger partial charge in [0.15, 0.2) is 0 Å². The predicted octanol–water partition coefficient (Wildman–Crippen LogP) is 4.42. The second kappa shape index (κ2) is 6.63. The molecule has 2 atom stereocenters. The number of carbonyl (C=O) groups is 2. The number of hydrogen-bond acceptors (Lipinski definition) is 4. The van der Waals surface area contributed by atoms with Gasteiger partial charge in [0.05, 0.1) is 11.0 Å². The van der Waals surface area contributed by atoms with Gasteiger partial charge >= 0.3 is 5.97 Å². The normalized spacial score (nSPS) is 19.3. The predicted molar refractivity (Wildman–Crippen MR) is 96.3 cm³/mol. The zero-order chi connectivity index (χ0) is 17.4. The van der Waals surface area contributed by atoms with Crippen molar-refractivity contribution in [2.45, 2.75) is 25.4 Å². The monoisotopic (exact) mass is 384 g/mol. The van der Waals surface area contributed by atoms with Gasteiger partial charge in [-0.1, -0.05) is 23.2 Å². The van der Waals surface area contributed by atoms with E-state index in [2.05, 4.69) is 5.32 Å². The van der Waals surface area contributed by atoms with Gasteiger partial charge in [0.25, 0.3) is 0 Å². The molecule has 1 aromatic carbocycles.